The minimum absolute atomic E-state index is 0.328. The van der Waals surface area contributed by atoms with Crippen molar-refractivity contribution in [1.29, 1.82) is 0 Å². The van der Waals surface area contributed by atoms with Crippen molar-refractivity contribution < 1.29 is 0 Å². The van der Waals surface area contributed by atoms with Gasteiger partial charge in [0.1, 0.15) is 0 Å². The number of halogens is 1. The van der Waals surface area contributed by atoms with Crippen LogP contribution in [-0.2, 0) is 0 Å². The first-order valence-corrected chi connectivity index (χ1v) is 14.9. The first kappa shape index (κ1) is 23.0. The zero-order chi connectivity index (χ0) is 25.9. The van der Waals surface area contributed by atoms with E-state index in [1.807, 2.05) is 11.3 Å². The molecule has 0 amide bonds. The molecule has 5 aromatic carbocycles. The third-order valence-corrected chi connectivity index (χ3v) is 9.74. The standard InChI is InChI=1S/C36H24BrNS/c37-25-10-7-9-23(21-25)26-11-1-2-12-27(26)24-19-20-29-28-13-3-5-16-32(28)38(34(29)22-24)33-17-8-15-31-30-14-4-6-18-35(30)39-36(31)33/h1-10,12-22,26H,11H2. The molecule has 186 valence electrons. The van der Waals surface area contributed by atoms with Crippen LogP contribution in [0, 0.1) is 0 Å². The number of nitrogens with zero attached hydrogens (tertiary/aromatic N) is 1. The summed E-state index contributed by atoms with van der Waals surface area (Å²) in [5.74, 6) is 0.328. The molecule has 8 rings (SSSR count). The van der Waals surface area contributed by atoms with Gasteiger partial charge in [0.25, 0.3) is 0 Å². The molecule has 2 aromatic heterocycles. The molecule has 1 aliphatic carbocycles. The molecule has 1 nitrogen and oxygen atoms in total. The van der Waals surface area contributed by atoms with Gasteiger partial charge in [0.15, 0.2) is 0 Å². The lowest BCUT2D eigenvalue weighted by Gasteiger charge is -2.23. The number of fused-ring (bicyclic) bond motifs is 6. The third-order valence-electron chi connectivity index (χ3n) is 8.04. The Labute approximate surface area is 239 Å². The number of rotatable bonds is 3. The lowest BCUT2D eigenvalue weighted by atomic mass is 9.82. The lowest BCUT2D eigenvalue weighted by molar-refractivity contribution is 0.873. The Hall–Kier alpha value is -3.92. The molecule has 1 unspecified atom stereocenters. The van der Waals surface area contributed by atoms with Gasteiger partial charge in [0, 0.05) is 36.6 Å². The summed E-state index contributed by atoms with van der Waals surface area (Å²) in [6.07, 6.45) is 7.80. The predicted octanol–water partition coefficient (Wildman–Crippen LogP) is 11.0. The van der Waals surface area contributed by atoms with Crippen molar-refractivity contribution in [2.75, 3.05) is 0 Å². The predicted molar refractivity (Wildman–Crippen MR) is 172 cm³/mol. The normalized spacial score (nSPS) is 15.5. The molecule has 1 atom stereocenters. The van der Waals surface area contributed by atoms with Gasteiger partial charge >= 0.3 is 0 Å². The Bertz CT molecular complexity index is 2120. The minimum Gasteiger partial charge on any atom is -0.308 e. The summed E-state index contributed by atoms with van der Waals surface area (Å²) >= 11 is 5.57. The number of aromatic nitrogens is 1. The molecule has 7 aromatic rings. The zero-order valence-corrected chi connectivity index (χ0v) is 23.5. The van der Waals surface area contributed by atoms with E-state index in [1.54, 1.807) is 0 Å². The number of hydrogen-bond donors (Lipinski definition) is 0. The van der Waals surface area contributed by atoms with Crippen LogP contribution in [-0.4, -0.2) is 4.57 Å². The average molecular weight is 583 g/mol. The van der Waals surface area contributed by atoms with Gasteiger partial charge in [-0.1, -0.05) is 107 Å². The van der Waals surface area contributed by atoms with E-state index in [9.17, 15) is 0 Å². The van der Waals surface area contributed by atoms with Gasteiger partial charge in [-0.05, 0) is 59.5 Å². The molecular formula is C36H24BrNS. The van der Waals surface area contributed by atoms with Gasteiger partial charge in [-0.15, -0.1) is 11.3 Å². The van der Waals surface area contributed by atoms with Crippen molar-refractivity contribution in [2.24, 2.45) is 0 Å². The van der Waals surface area contributed by atoms with Crippen LogP contribution in [0.15, 0.2) is 132 Å². The van der Waals surface area contributed by atoms with E-state index in [-0.39, 0.29) is 0 Å². The summed E-state index contributed by atoms with van der Waals surface area (Å²) < 4.78 is 6.27. The van der Waals surface area contributed by atoms with Crippen LogP contribution in [0.4, 0.5) is 0 Å². The van der Waals surface area contributed by atoms with E-state index in [1.165, 1.54) is 64.4 Å². The van der Waals surface area contributed by atoms with Crippen molar-refractivity contribution in [2.45, 2.75) is 12.3 Å². The molecular weight excluding hydrogens is 558 g/mol. The monoisotopic (exact) mass is 581 g/mol. The highest BCUT2D eigenvalue weighted by Crippen LogP contribution is 2.43. The minimum atomic E-state index is 0.328. The summed E-state index contributed by atoms with van der Waals surface area (Å²) in [7, 11) is 0. The fourth-order valence-electron chi connectivity index (χ4n) is 6.28. The molecule has 3 heteroatoms. The van der Waals surface area contributed by atoms with Gasteiger partial charge in [-0.25, -0.2) is 0 Å². The maximum atomic E-state index is 3.68. The van der Waals surface area contributed by atoms with Gasteiger partial charge in [-0.3, -0.25) is 0 Å². The van der Waals surface area contributed by atoms with Gasteiger partial charge < -0.3 is 4.57 Å². The van der Waals surface area contributed by atoms with E-state index in [4.69, 9.17) is 0 Å². The third kappa shape index (κ3) is 3.65. The number of hydrogen-bond acceptors (Lipinski definition) is 1. The molecule has 0 saturated heterocycles. The summed E-state index contributed by atoms with van der Waals surface area (Å²) in [5.41, 5.74) is 7.74. The van der Waals surface area contributed by atoms with Crippen LogP contribution < -0.4 is 0 Å². The SMILES string of the molecule is Brc1cccc(C2CC=CC=C2c2ccc3c4ccccc4n(-c4cccc5c4sc4ccccc45)c3c2)c1. The Kier molecular flexibility index (Phi) is 5.36. The van der Waals surface area contributed by atoms with Gasteiger partial charge in [0.05, 0.1) is 21.4 Å². The van der Waals surface area contributed by atoms with Crippen molar-refractivity contribution in [3.05, 3.63) is 143 Å². The van der Waals surface area contributed by atoms with Gasteiger partial charge in [-0.2, -0.15) is 0 Å². The van der Waals surface area contributed by atoms with Crippen LogP contribution in [0.5, 0.6) is 0 Å². The molecule has 39 heavy (non-hydrogen) atoms. The fraction of sp³-hybridized carbons (Fsp3) is 0.0556. The highest BCUT2D eigenvalue weighted by Gasteiger charge is 2.22. The van der Waals surface area contributed by atoms with E-state index < -0.39 is 0 Å². The number of thiophene rings is 1. The molecule has 0 N–H and O–H groups in total. The van der Waals surface area contributed by atoms with Crippen molar-refractivity contribution in [3.63, 3.8) is 0 Å². The molecule has 0 fully saturated rings. The number of benzene rings is 5. The average Bonchev–Trinajstić information content (AvgIpc) is 3.53. The maximum Gasteiger partial charge on any atom is 0.0640 e. The Morgan fingerprint density at radius 2 is 1.49 bits per heavy atom. The van der Waals surface area contributed by atoms with Crippen LogP contribution in [0.25, 0.3) is 53.2 Å². The second kappa shape index (κ2) is 9.08. The first-order chi connectivity index (χ1) is 19.3. The molecule has 0 bridgehead atoms. The molecule has 0 aliphatic heterocycles. The smallest absolute Gasteiger partial charge is 0.0640 e. The molecule has 1 aliphatic rings. The molecule has 2 heterocycles. The van der Waals surface area contributed by atoms with E-state index in [0.717, 1.165) is 10.9 Å². The van der Waals surface area contributed by atoms with Crippen LogP contribution in [0.3, 0.4) is 0 Å². The number of allylic oxidation sites excluding steroid dienone is 4. The van der Waals surface area contributed by atoms with Crippen molar-refractivity contribution in [3.8, 4) is 5.69 Å². The number of para-hydroxylation sites is 1. The summed E-state index contributed by atoms with van der Waals surface area (Å²) in [6, 6.07) is 40.1. The maximum absolute atomic E-state index is 3.68. The highest BCUT2D eigenvalue weighted by molar-refractivity contribution is 9.10. The van der Waals surface area contributed by atoms with E-state index in [2.05, 4.69) is 148 Å². The molecule has 0 radical (unpaired) electrons. The summed E-state index contributed by atoms with van der Waals surface area (Å²) in [6.45, 7) is 0. The zero-order valence-electron chi connectivity index (χ0n) is 21.1. The second-order valence-electron chi connectivity index (χ2n) is 10.2. The summed E-state index contributed by atoms with van der Waals surface area (Å²) in [4.78, 5) is 0. The quantitative estimate of drug-likeness (QED) is 0.195. The first-order valence-electron chi connectivity index (χ1n) is 13.3. The Balaban J connectivity index is 1.40. The van der Waals surface area contributed by atoms with Gasteiger partial charge in [0.2, 0.25) is 0 Å². The van der Waals surface area contributed by atoms with Crippen molar-refractivity contribution in [1.82, 2.24) is 4.57 Å². The Morgan fingerprint density at radius 3 is 2.41 bits per heavy atom. The largest absolute Gasteiger partial charge is 0.308 e. The highest BCUT2D eigenvalue weighted by atomic mass is 79.9. The van der Waals surface area contributed by atoms with Crippen LogP contribution in [0.1, 0.15) is 23.5 Å². The molecule has 0 spiro atoms. The fourth-order valence-corrected chi connectivity index (χ4v) is 7.91. The lowest BCUT2D eigenvalue weighted by Crippen LogP contribution is -2.04. The molecule has 0 saturated carbocycles. The van der Waals surface area contributed by atoms with E-state index >= 15 is 0 Å². The Morgan fingerprint density at radius 1 is 0.692 bits per heavy atom. The van der Waals surface area contributed by atoms with Crippen LogP contribution in [0.2, 0.25) is 0 Å². The summed E-state index contributed by atoms with van der Waals surface area (Å²) in [5, 5.41) is 5.23. The topological polar surface area (TPSA) is 4.93 Å². The van der Waals surface area contributed by atoms with E-state index in [0.29, 0.717) is 5.92 Å². The van der Waals surface area contributed by atoms with Crippen molar-refractivity contribution >= 4 is 74.8 Å². The second-order valence-corrected chi connectivity index (χ2v) is 12.2. The van der Waals surface area contributed by atoms with Crippen LogP contribution >= 0.6 is 27.3 Å².